The van der Waals surface area contributed by atoms with E-state index in [1.807, 2.05) is 0 Å². The molecule has 24 heavy (non-hydrogen) atoms. The number of nitrogens with zero attached hydrogens (tertiary/aromatic N) is 2. The molecule has 1 aromatic heterocycles. The van der Waals surface area contributed by atoms with Crippen LogP contribution in [0.5, 0.6) is 0 Å². The molecule has 0 spiro atoms. The number of anilines is 1. The first-order valence-corrected chi connectivity index (χ1v) is 7.38. The molecule has 0 unspecified atom stereocenters. The summed E-state index contributed by atoms with van der Waals surface area (Å²) in [5, 5.41) is 14.3. The minimum Gasteiger partial charge on any atom is -0.396 e. The minimum absolute atomic E-state index is 0.0124. The van der Waals surface area contributed by atoms with Gasteiger partial charge in [-0.1, -0.05) is 35.3 Å². The summed E-state index contributed by atoms with van der Waals surface area (Å²) in [5.41, 5.74) is 7.65. The van der Waals surface area contributed by atoms with E-state index >= 15 is 0 Å². The van der Waals surface area contributed by atoms with E-state index in [9.17, 15) is 14.9 Å². The van der Waals surface area contributed by atoms with Crippen molar-refractivity contribution in [3.05, 3.63) is 60.8 Å². The van der Waals surface area contributed by atoms with Gasteiger partial charge in [-0.2, -0.15) is 10.1 Å². The summed E-state index contributed by atoms with van der Waals surface area (Å²) in [5.74, 6) is -0.750. The molecule has 0 aliphatic rings. The number of nitro groups is 1. The number of pyridine rings is 1. The molecule has 0 radical (unpaired) electrons. The number of hydrogen-bond donors (Lipinski definition) is 2. The standard InChI is InChI=1S/C13H8Cl3N5O3/c14-8-10(17)9(15)12(16)19-11(8)13(22)20-18-5-6-3-1-2-4-7(6)21(23)24/h1-5H,(H2,17,19)(H,20,22)/p+1/b18-5+. The van der Waals surface area contributed by atoms with Gasteiger partial charge in [0.25, 0.3) is 16.5 Å². The third kappa shape index (κ3) is 3.73. The maximum absolute atomic E-state index is 12.1. The number of aromatic amines is 1. The molecule has 0 bridgehead atoms. The van der Waals surface area contributed by atoms with Crippen LogP contribution in [-0.2, 0) is 0 Å². The quantitative estimate of drug-likeness (QED) is 0.361. The van der Waals surface area contributed by atoms with E-state index in [-0.39, 0.29) is 37.8 Å². The van der Waals surface area contributed by atoms with Gasteiger partial charge >= 0.3 is 5.91 Å². The lowest BCUT2D eigenvalue weighted by molar-refractivity contribution is -0.385. The summed E-state index contributed by atoms with van der Waals surface area (Å²) in [6.07, 6.45) is 1.13. The number of nitro benzene ring substituents is 1. The molecule has 11 heteroatoms. The summed E-state index contributed by atoms with van der Waals surface area (Å²) < 4.78 is 0. The average molecular weight is 390 g/mol. The number of halogens is 3. The number of nitrogens with two attached hydrogens (primary N) is 1. The second kappa shape index (κ2) is 7.43. The number of H-pyrrole nitrogens is 1. The van der Waals surface area contributed by atoms with E-state index in [0.29, 0.717) is 0 Å². The van der Waals surface area contributed by atoms with Crippen molar-refractivity contribution in [1.82, 2.24) is 5.43 Å². The number of hydrogen-bond acceptors (Lipinski definition) is 5. The molecule has 1 aromatic carbocycles. The van der Waals surface area contributed by atoms with Crippen LogP contribution in [0.4, 0.5) is 11.4 Å². The molecule has 8 nitrogen and oxygen atoms in total. The summed E-state index contributed by atoms with van der Waals surface area (Å²) >= 11 is 17.5. The van der Waals surface area contributed by atoms with Crippen molar-refractivity contribution in [3.8, 4) is 0 Å². The van der Waals surface area contributed by atoms with Crippen LogP contribution in [0.25, 0.3) is 0 Å². The fourth-order valence-electron chi connectivity index (χ4n) is 1.70. The Bertz CT molecular complexity index is 857. The topological polar surface area (TPSA) is 125 Å². The zero-order valence-corrected chi connectivity index (χ0v) is 14.0. The molecule has 0 aliphatic heterocycles. The van der Waals surface area contributed by atoms with Crippen molar-refractivity contribution in [2.24, 2.45) is 5.10 Å². The third-order valence-corrected chi connectivity index (χ3v) is 4.02. The maximum Gasteiger partial charge on any atom is 0.337 e. The Morgan fingerprint density at radius 2 is 1.96 bits per heavy atom. The maximum atomic E-state index is 12.1. The Kier molecular flexibility index (Phi) is 5.55. The largest absolute Gasteiger partial charge is 0.396 e. The van der Waals surface area contributed by atoms with E-state index in [1.54, 1.807) is 6.07 Å². The van der Waals surface area contributed by atoms with Crippen LogP contribution in [0.3, 0.4) is 0 Å². The van der Waals surface area contributed by atoms with Crippen LogP contribution in [0, 0.1) is 10.1 Å². The molecule has 1 heterocycles. The number of aromatic nitrogens is 1. The van der Waals surface area contributed by atoms with Crippen molar-refractivity contribution in [1.29, 1.82) is 0 Å². The number of nitrogen functional groups attached to an aromatic ring is 1. The molecule has 4 N–H and O–H groups in total. The Morgan fingerprint density at radius 3 is 2.62 bits per heavy atom. The van der Waals surface area contributed by atoms with E-state index in [1.165, 1.54) is 18.2 Å². The smallest absolute Gasteiger partial charge is 0.337 e. The van der Waals surface area contributed by atoms with Crippen LogP contribution < -0.4 is 16.1 Å². The zero-order chi connectivity index (χ0) is 17.9. The van der Waals surface area contributed by atoms with Crippen LogP contribution in [0.15, 0.2) is 29.4 Å². The van der Waals surface area contributed by atoms with Crippen molar-refractivity contribution < 1.29 is 14.7 Å². The Labute approximate surface area is 150 Å². The van der Waals surface area contributed by atoms with E-state index in [0.717, 1.165) is 6.21 Å². The molecule has 2 aromatic rings. The number of hydrazone groups is 1. The molecule has 0 aliphatic carbocycles. The number of nitrogens with one attached hydrogen (secondary N) is 2. The molecule has 2 rings (SSSR count). The van der Waals surface area contributed by atoms with Gasteiger partial charge in [-0.15, -0.1) is 0 Å². The van der Waals surface area contributed by atoms with E-state index in [4.69, 9.17) is 40.5 Å². The fraction of sp³-hybridized carbons (Fsp3) is 0. The molecule has 0 atom stereocenters. The Hall–Kier alpha value is -2.42. The third-order valence-electron chi connectivity index (χ3n) is 2.85. The summed E-state index contributed by atoms with van der Waals surface area (Å²) in [6.45, 7) is 0. The highest BCUT2D eigenvalue weighted by atomic mass is 35.5. The Balaban J connectivity index is 2.22. The summed E-state index contributed by atoms with van der Waals surface area (Å²) in [4.78, 5) is 24.9. The predicted octanol–water partition coefficient (Wildman–Crippen LogP) is 2.72. The normalized spacial score (nSPS) is 10.8. The highest BCUT2D eigenvalue weighted by molar-refractivity contribution is 6.45. The van der Waals surface area contributed by atoms with E-state index < -0.39 is 10.8 Å². The van der Waals surface area contributed by atoms with Crippen LogP contribution in [0.1, 0.15) is 16.1 Å². The first-order chi connectivity index (χ1) is 11.3. The van der Waals surface area contributed by atoms with Crippen LogP contribution >= 0.6 is 34.8 Å². The number of carbonyl (C=O) groups excluding carboxylic acids is 1. The van der Waals surface area contributed by atoms with Gasteiger partial charge in [-0.3, -0.25) is 14.9 Å². The van der Waals surface area contributed by atoms with Crippen molar-refractivity contribution in [2.45, 2.75) is 0 Å². The van der Waals surface area contributed by atoms with E-state index in [2.05, 4.69) is 15.5 Å². The minimum atomic E-state index is -0.750. The summed E-state index contributed by atoms with van der Waals surface area (Å²) in [6, 6.07) is 5.90. The number of rotatable bonds is 4. The zero-order valence-electron chi connectivity index (χ0n) is 11.7. The van der Waals surface area contributed by atoms with Gasteiger partial charge in [0.1, 0.15) is 10.0 Å². The van der Waals surface area contributed by atoms with Gasteiger partial charge in [0.05, 0.1) is 22.4 Å². The molecule has 0 saturated heterocycles. The Morgan fingerprint density at radius 1 is 1.29 bits per heavy atom. The van der Waals surface area contributed by atoms with Gasteiger partial charge in [0.2, 0.25) is 0 Å². The lowest BCUT2D eigenvalue weighted by Crippen LogP contribution is -2.28. The first kappa shape index (κ1) is 17.9. The molecular formula is C13H9Cl3N5O3+. The van der Waals surface area contributed by atoms with Crippen LogP contribution in [0.2, 0.25) is 15.2 Å². The highest BCUT2D eigenvalue weighted by Crippen LogP contribution is 2.31. The van der Waals surface area contributed by atoms with Gasteiger partial charge in [0, 0.05) is 6.07 Å². The SMILES string of the molecule is Nc1c(Cl)c(Cl)[nH+]c(C(=O)N/N=C/c2ccccc2[N+](=O)[O-])c1Cl. The lowest BCUT2D eigenvalue weighted by atomic mass is 10.2. The number of amides is 1. The van der Waals surface area contributed by atoms with Gasteiger partial charge in [0.15, 0.2) is 0 Å². The second-order valence-corrected chi connectivity index (χ2v) is 5.50. The van der Waals surface area contributed by atoms with Crippen molar-refractivity contribution in [2.75, 3.05) is 5.73 Å². The first-order valence-electron chi connectivity index (χ1n) is 6.25. The van der Waals surface area contributed by atoms with Gasteiger partial charge < -0.3 is 5.73 Å². The lowest BCUT2D eigenvalue weighted by Gasteiger charge is -2.02. The second-order valence-electron chi connectivity index (χ2n) is 4.37. The highest BCUT2D eigenvalue weighted by Gasteiger charge is 2.25. The molecule has 0 saturated carbocycles. The number of carbonyl (C=O) groups is 1. The molecule has 1 amide bonds. The van der Waals surface area contributed by atoms with Crippen molar-refractivity contribution in [3.63, 3.8) is 0 Å². The summed E-state index contributed by atoms with van der Waals surface area (Å²) in [7, 11) is 0. The fourth-order valence-corrected chi connectivity index (χ4v) is 2.32. The van der Waals surface area contributed by atoms with Crippen LogP contribution in [-0.4, -0.2) is 17.0 Å². The monoisotopic (exact) mass is 388 g/mol. The van der Waals surface area contributed by atoms with Gasteiger partial charge in [-0.25, -0.2) is 5.43 Å². The average Bonchev–Trinajstić information content (AvgIpc) is 2.56. The van der Waals surface area contributed by atoms with Gasteiger partial charge in [-0.05, 0) is 17.7 Å². The molecule has 124 valence electrons. The predicted molar refractivity (Wildman–Crippen MR) is 90.6 cm³/mol. The van der Waals surface area contributed by atoms with Crippen molar-refractivity contribution >= 4 is 58.3 Å². The molecular weight excluding hydrogens is 381 g/mol. The number of benzene rings is 1. The molecule has 0 fully saturated rings. The number of para-hydroxylation sites is 1.